The molecule has 21 heavy (non-hydrogen) atoms. The summed E-state index contributed by atoms with van der Waals surface area (Å²) in [6, 6.07) is 6.03. The zero-order chi connectivity index (χ0) is 15.4. The predicted octanol–water partition coefficient (Wildman–Crippen LogP) is 3.02. The van der Waals surface area contributed by atoms with Crippen molar-refractivity contribution >= 4 is 22.3 Å². The van der Waals surface area contributed by atoms with Crippen molar-refractivity contribution in [3.05, 3.63) is 40.3 Å². The third-order valence-electron chi connectivity index (χ3n) is 3.19. The van der Waals surface area contributed by atoms with Crippen LogP contribution in [0.4, 0.5) is 15.8 Å². The van der Waals surface area contributed by atoms with E-state index in [0.717, 1.165) is 6.07 Å². The Morgan fingerprint density at radius 3 is 2.95 bits per heavy atom. The van der Waals surface area contributed by atoms with Crippen LogP contribution in [-0.4, -0.2) is 23.0 Å². The molecule has 1 aromatic heterocycles. The summed E-state index contributed by atoms with van der Waals surface area (Å²) in [5, 5.41) is 20.0. The smallest absolute Gasteiger partial charge is 0.281 e. The van der Waals surface area contributed by atoms with Gasteiger partial charge >= 0.3 is 0 Å². The number of hydrogen-bond donors (Lipinski definition) is 0. The summed E-state index contributed by atoms with van der Waals surface area (Å²) in [4.78, 5) is 16.2. The second kappa shape index (κ2) is 6.13. The first-order chi connectivity index (χ1) is 10.1. The van der Waals surface area contributed by atoms with Crippen LogP contribution in [0.3, 0.4) is 0 Å². The zero-order valence-corrected chi connectivity index (χ0v) is 11.4. The van der Waals surface area contributed by atoms with Gasteiger partial charge in [-0.3, -0.25) is 15.1 Å². The standard InChI is InChI=1S/C14H13FN4O2/c1-2-18(8-4-6-16)14-11(15)9-12(19(20)21)10-5-3-7-17-13(10)14/h3,5,7,9H,2,4,8H2,1H3. The molecule has 6 nitrogen and oxygen atoms in total. The highest BCUT2D eigenvalue weighted by molar-refractivity contribution is 5.97. The molecule has 0 N–H and O–H groups in total. The van der Waals surface area contributed by atoms with E-state index in [-0.39, 0.29) is 28.7 Å². The Kier molecular flexibility index (Phi) is 4.28. The minimum Gasteiger partial charge on any atom is -0.367 e. The van der Waals surface area contributed by atoms with E-state index >= 15 is 0 Å². The van der Waals surface area contributed by atoms with Gasteiger partial charge in [0.2, 0.25) is 0 Å². The van der Waals surface area contributed by atoms with Gasteiger partial charge in [-0.2, -0.15) is 5.26 Å². The number of nitrogens with zero attached hydrogens (tertiary/aromatic N) is 4. The molecule has 0 unspecified atom stereocenters. The van der Waals surface area contributed by atoms with Crippen molar-refractivity contribution in [2.75, 3.05) is 18.0 Å². The van der Waals surface area contributed by atoms with Crippen LogP contribution in [0, 0.1) is 27.3 Å². The average Bonchev–Trinajstić information content (AvgIpc) is 2.48. The van der Waals surface area contributed by atoms with Gasteiger partial charge in [0.05, 0.1) is 28.9 Å². The fraction of sp³-hybridized carbons (Fsp3) is 0.286. The van der Waals surface area contributed by atoms with Crippen LogP contribution >= 0.6 is 0 Å². The van der Waals surface area contributed by atoms with Gasteiger partial charge in [0.1, 0.15) is 11.2 Å². The number of nitro benzene ring substituents is 1. The lowest BCUT2D eigenvalue weighted by Gasteiger charge is -2.23. The highest BCUT2D eigenvalue weighted by Crippen LogP contribution is 2.34. The SMILES string of the molecule is CCN(CCC#N)c1c(F)cc([N+](=O)[O-])c2cccnc12. The first-order valence-corrected chi connectivity index (χ1v) is 6.43. The number of non-ortho nitro benzene ring substituents is 1. The number of fused-ring (bicyclic) bond motifs is 1. The molecular formula is C14H13FN4O2. The van der Waals surface area contributed by atoms with Crippen molar-refractivity contribution in [2.45, 2.75) is 13.3 Å². The van der Waals surface area contributed by atoms with Crippen molar-refractivity contribution in [1.82, 2.24) is 4.98 Å². The van der Waals surface area contributed by atoms with E-state index in [9.17, 15) is 14.5 Å². The number of hydrogen-bond acceptors (Lipinski definition) is 5. The molecule has 0 bridgehead atoms. The first kappa shape index (κ1) is 14.7. The van der Waals surface area contributed by atoms with Gasteiger partial charge < -0.3 is 4.90 Å². The number of nitro groups is 1. The van der Waals surface area contributed by atoms with Gasteiger partial charge in [0, 0.05) is 19.3 Å². The zero-order valence-electron chi connectivity index (χ0n) is 11.4. The lowest BCUT2D eigenvalue weighted by molar-refractivity contribution is -0.383. The van der Waals surface area contributed by atoms with Crippen molar-refractivity contribution < 1.29 is 9.31 Å². The monoisotopic (exact) mass is 288 g/mol. The van der Waals surface area contributed by atoms with Gasteiger partial charge in [-0.15, -0.1) is 0 Å². The molecule has 7 heteroatoms. The number of anilines is 1. The highest BCUT2D eigenvalue weighted by atomic mass is 19.1. The molecule has 0 saturated heterocycles. The maximum atomic E-state index is 14.3. The van der Waals surface area contributed by atoms with Crippen molar-refractivity contribution in [1.29, 1.82) is 5.26 Å². The number of aromatic nitrogens is 1. The summed E-state index contributed by atoms with van der Waals surface area (Å²) in [5.74, 6) is -0.701. The van der Waals surface area contributed by atoms with E-state index in [2.05, 4.69) is 4.98 Å². The Hall–Kier alpha value is -2.75. The molecule has 0 aliphatic carbocycles. The third kappa shape index (κ3) is 2.74. The summed E-state index contributed by atoms with van der Waals surface area (Å²) in [7, 11) is 0. The number of benzene rings is 1. The molecule has 2 aromatic rings. The van der Waals surface area contributed by atoms with E-state index in [4.69, 9.17) is 5.26 Å². The molecule has 0 aliphatic heterocycles. The average molecular weight is 288 g/mol. The molecule has 0 spiro atoms. The van der Waals surface area contributed by atoms with E-state index in [0.29, 0.717) is 13.1 Å². The van der Waals surface area contributed by atoms with E-state index < -0.39 is 10.7 Å². The van der Waals surface area contributed by atoms with Crippen molar-refractivity contribution in [3.8, 4) is 6.07 Å². The Labute approximate surface area is 120 Å². The van der Waals surface area contributed by atoms with Gasteiger partial charge in [-0.25, -0.2) is 4.39 Å². The van der Waals surface area contributed by atoms with E-state index in [1.54, 1.807) is 17.0 Å². The molecule has 0 radical (unpaired) electrons. The second-order valence-electron chi connectivity index (χ2n) is 4.37. The van der Waals surface area contributed by atoms with Crippen LogP contribution in [0.5, 0.6) is 0 Å². The summed E-state index contributed by atoms with van der Waals surface area (Å²) in [6.07, 6.45) is 1.70. The number of nitriles is 1. The molecule has 1 heterocycles. The molecule has 2 rings (SSSR count). The number of rotatable bonds is 5. The Balaban J connectivity index is 2.69. The lowest BCUT2D eigenvalue weighted by atomic mass is 10.1. The normalized spacial score (nSPS) is 10.3. The lowest BCUT2D eigenvalue weighted by Crippen LogP contribution is -2.25. The largest absolute Gasteiger partial charge is 0.367 e. The van der Waals surface area contributed by atoms with Gasteiger partial charge in [-0.1, -0.05) is 0 Å². The first-order valence-electron chi connectivity index (χ1n) is 6.43. The van der Waals surface area contributed by atoms with Crippen LogP contribution < -0.4 is 4.90 Å². The predicted molar refractivity (Wildman–Crippen MR) is 76.5 cm³/mol. The fourth-order valence-electron chi connectivity index (χ4n) is 2.24. The van der Waals surface area contributed by atoms with Gasteiger partial charge in [-0.05, 0) is 19.1 Å². The summed E-state index contributed by atoms with van der Waals surface area (Å²) in [6.45, 7) is 2.64. The van der Waals surface area contributed by atoms with Crippen LogP contribution in [0.1, 0.15) is 13.3 Å². The molecule has 1 aromatic carbocycles. The minimum atomic E-state index is -0.701. The topological polar surface area (TPSA) is 83.1 Å². The van der Waals surface area contributed by atoms with Crippen LogP contribution in [-0.2, 0) is 0 Å². The van der Waals surface area contributed by atoms with Crippen LogP contribution in [0.15, 0.2) is 24.4 Å². The van der Waals surface area contributed by atoms with Gasteiger partial charge in [0.15, 0.2) is 5.82 Å². The van der Waals surface area contributed by atoms with Crippen LogP contribution in [0.2, 0.25) is 0 Å². The third-order valence-corrected chi connectivity index (χ3v) is 3.19. The molecule has 0 atom stereocenters. The minimum absolute atomic E-state index is 0.203. The van der Waals surface area contributed by atoms with E-state index in [1.165, 1.54) is 6.20 Å². The highest BCUT2D eigenvalue weighted by Gasteiger charge is 2.22. The maximum absolute atomic E-state index is 14.3. The van der Waals surface area contributed by atoms with Crippen LogP contribution in [0.25, 0.3) is 10.9 Å². The number of pyridine rings is 1. The second-order valence-corrected chi connectivity index (χ2v) is 4.37. The molecule has 0 aliphatic rings. The fourth-order valence-corrected chi connectivity index (χ4v) is 2.24. The molecule has 0 saturated carbocycles. The molecule has 108 valence electrons. The molecule has 0 fully saturated rings. The molecular weight excluding hydrogens is 275 g/mol. The Morgan fingerprint density at radius 1 is 1.57 bits per heavy atom. The summed E-state index contributed by atoms with van der Waals surface area (Å²) < 4.78 is 14.3. The van der Waals surface area contributed by atoms with E-state index in [1.807, 2.05) is 13.0 Å². The van der Waals surface area contributed by atoms with Crippen molar-refractivity contribution in [2.24, 2.45) is 0 Å². The maximum Gasteiger partial charge on any atom is 0.281 e. The Bertz CT molecular complexity index is 727. The molecule has 0 amide bonds. The summed E-state index contributed by atoms with van der Waals surface area (Å²) in [5.41, 5.74) is 0.133. The Morgan fingerprint density at radius 2 is 2.33 bits per heavy atom. The van der Waals surface area contributed by atoms with Gasteiger partial charge in [0.25, 0.3) is 5.69 Å². The quantitative estimate of drug-likeness (QED) is 0.623. The summed E-state index contributed by atoms with van der Waals surface area (Å²) >= 11 is 0. The van der Waals surface area contributed by atoms with Crippen molar-refractivity contribution in [3.63, 3.8) is 0 Å². The number of halogens is 1.